The maximum Gasteiger partial charge on any atom is 0.248 e. The van der Waals surface area contributed by atoms with Gasteiger partial charge in [-0.2, -0.15) is 0 Å². The fraction of sp³-hybridized carbons (Fsp3) is 0.174. The molecule has 0 bridgehead atoms. The summed E-state index contributed by atoms with van der Waals surface area (Å²) in [5.41, 5.74) is 2.60. The smallest absolute Gasteiger partial charge is 0.248 e. The first-order chi connectivity index (χ1) is 14.3. The van der Waals surface area contributed by atoms with Gasteiger partial charge in [0.1, 0.15) is 5.76 Å². The van der Waals surface area contributed by atoms with E-state index >= 15 is 0 Å². The van der Waals surface area contributed by atoms with E-state index in [0.29, 0.717) is 17.2 Å². The molecule has 1 amide bonds. The fourth-order valence-electron chi connectivity index (χ4n) is 2.75. The van der Waals surface area contributed by atoms with Crippen molar-refractivity contribution in [1.82, 2.24) is 4.72 Å². The number of furan rings is 1. The van der Waals surface area contributed by atoms with Crippen LogP contribution in [0.4, 0.5) is 5.69 Å². The van der Waals surface area contributed by atoms with Crippen LogP contribution in [-0.4, -0.2) is 14.3 Å². The van der Waals surface area contributed by atoms with Gasteiger partial charge in [-0.1, -0.05) is 38.1 Å². The lowest BCUT2D eigenvalue weighted by Gasteiger charge is -2.08. The standard InChI is InChI=1S/C23H24N2O4S/c1-17(2)19-5-3-6-20(15-19)25-23(26)13-10-18-8-11-22(12-9-18)30(27,28)24-16-21-7-4-14-29-21/h3-15,17,24H,16H2,1-2H3,(H,25,26)/b13-10+. The van der Waals surface area contributed by atoms with Crippen LogP contribution in [0.15, 0.2) is 82.3 Å². The normalized spacial score (nSPS) is 11.8. The van der Waals surface area contributed by atoms with Crippen molar-refractivity contribution in [2.75, 3.05) is 5.32 Å². The molecule has 0 fully saturated rings. The molecule has 0 atom stereocenters. The second-order valence-electron chi connectivity index (χ2n) is 7.08. The average molecular weight is 425 g/mol. The quantitative estimate of drug-likeness (QED) is 0.520. The molecule has 30 heavy (non-hydrogen) atoms. The summed E-state index contributed by atoms with van der Waals surface area (Å²) < 4.78 is 32.3. The summed E-state index contributed by atoms with van der Waals surface area (Å²) in [5.74, 6) is 0.650. The number of carbonyl (C=O) groups is 1. The highest BCUT2D eigenvalue weighted by Gasteiger charge is 2.14. The van der Waals surface area contributed by atoms with Crippen molar-refractivity contribution in [3.63, 3.8) is 0 Å². The molecule has 0 unspecified atom stereocenters. The van der Waals surface area contributed by atoms with Crippen molar-refractivity contribution in [3.8, 4) is 0 Å². The first-order valence-electron chi connectivity index (χ1n) is 9.54. The van der Waals surface area contributed by atoms with E-state index in [1.54, 1.807) is 30.3 Å². The van der Waals surface area contributed by atoms with Crippen LogP contribution in [0.2, 0.25) is 0 Å². The fourth-order valence-corrected chi connectivity index (χ4v) is 3.75. The molecule has 156 valence electrons. The number of hydrogen-bond acceptors (Lipinski definition) is 4. The van der Waals surface area contributed by atoms with Crippen molar-refractivity contribution in [2.24, 2.45) is 0 Å². The zero-order valence-electron chi connectivity index (χ0n) is 16.8. The van der Waals surface area contributed by atoms with Gasteiger partial charge in [-0.05, 0) is 59.5 Å². The summed E-state index contributed by atoms with van der Waals surface area (Å²) in [6.07, 6.45) is 4.54. The van der Waals surface area contributed by atoms with Crippen molar-refractivity contribution >= 4 is 27.7 Å². The van der Waals surface area contributed by atoms with Crippen LogP contribution in [0.5, 0.6) is 0 Å². The lowest BCUT2D eigenvalue weighted by atomic mass is 10.0. The Kier molecular flexibility index (Phi) is 6.87. The Morgan fingerprint density at radius 3 is 2.50 bits per heavy atom. The summed E-state index contributed by atoms with van der Waals surface area (Å²) in [7, 11) is -3.65. The average Bonchev–Trinajstić information content (AvgIpc) is 3.25. The third-order valence-electron chi connectivity index (χ3n) is 4.45. The number of nitrogens with one attached hydrogen (secondary N) is 2. The Labute approximate surface area is 176 Å². The number of benzene rings is 2. The molecule has 0 aliphatic rings. The largest absolute Gasteiger partial charge is 0.468 e. The molecule has 0 radical (unpaired) electrons. The highest BCUT2D eigenvalue weighted by atomic mass is 32.2. The maximum absolute atomic E-state index is 12.3. The molecule has 2 aromatic carbocycles. The van der Waals surface area contributed by atoms with Crippen molar-refractivity contribution < 1.29 is 17.6 Å². The number of rotatable bonds is 8. The highest BCUT2D eigenvalue weighted by molar-refractivity contribution is 7.89. The predicted molar refractivity (Wildman–Crippen MR) is 117 cm³/mol. The zero-order chi connectivity index (χ0) is 21.6. The van der Waals surface area contributed by atoms with E-state index in [-0.39, 0.29) is 17.3 Å². The summed E-state index contributed by atoms with van der Waals surface area (Å²) in [4.78, 5) is 12.3. The second kappa shape index (κ2) is 9.56. The molecule has 0 aliphatic carbocycles. The Bertz CT molecular complexity index is 1120. The zero-order valence-corrected chi connectivity index (χ0v) is 17.6. The van der Waals surface area contributed by atoms with Crippen LogP contribution in [0.3, 0.4) is 0 Å². The minimum absolute atomic E-state index is 0.0785. The van der Waals surface area contributed by atoms with Gasteiger partial charge in [-0.3, -0.25) is 4.79 Å². The Hall–Kier alpha value is -3.16. The van der Waals surface area contributed by atoms with Crippen LogP contribution in [0.1, 0.15) is 36.7 Å². The molecule has 2 N–H and O–H groups in total. The Balaban J connectivity index is 1.60. The van der Waals surface area contributed by atoms with Gasteiger partial charge in [-0.25, -0.2) is 13.1 Å². The van der Waals surface area contributed by atoms with Crippen molar-refractivity contribution in [2.45, 2.75) is 31.2 Å². The molecule has 1 heterocycles. The number of carbonyl (C=O) groups excluding carboxylic acids is 1. The number of sulfonamides is 1. The summed E-state index contributed by atoms with van der Waals surface area (Å²) in [5, 5.41) is 2.83. The Morgan fingerprint density at radius 2 is 1.83 bits per heavy atom. The first-order valence-corrected chi connectivity index (χ1v) is 11.0. The molecule has 3 rings (SSSR count). The monoisotopic (exact) mass is 424 g/mol. The third-order valence-corrected chi connectivity index (χ3v) is 5.87. The van der Waals surface area contributed by atoms with E-state index in [0.717, 1.165) is 11.3 Å². The van der Waals surface area contributed by atoms with Crippen molar-refractivity contribution in [1.29, 1.82) is 0 Å². The number of hydrogen-bond donors (Lipinski definition) is 2. The molecule has 0 aliphatic heterocycles. The summed E-state index contributed by atoms with van der Waals surface area (Å²) in [6.45, 7) is 4.27. The van der Waals surface area contributed by atoms with E-state index in [4.69, 9.17) is 4.42 Å². The van der Waals surface area contributed by atoms with E-state index in [9.17, 15) is 13.2 Å². The van der Waals surface area contributed by atoms with Crippen LogP contribution in [-0.2, 0) is 21.4 Å². The summed E-state index contributed by atoms with van der Waals surface area (Å²) >= 11 is 0. The van der Waals surface area contributed by atoms with Gasteiger partial charge in [0.05, 0.1) is 17.7 Å². The molecule has 7 heteroatoms. The van der Waals surface area contributed by atoms with Gasteiger partial charge in [0.25, 0.3) is 0 Å². The molecule has 1 aromatic heterocycles. The number of anilines is 1. The Morgan fingerprint density at radius 1 is 1.07 bits per heavy atom. The molecule has 0 spiro atoms. The SMILES string of the molecule is CC(C)c1cccc(NC(=O)/C=C/c2ccc(S(=O)(=O)NCc3ccco3)cc2)c1. The van der Waals surface area contributed by atoms with Crippen LogP contribution in [0.25, 0.3) is 6.08 Å². The molecule has 6 nitrogen and oxygen atoms in total. The summed E-state index contributed by atoms with van der Waals surface area (Å²) in [6, 6.07) is 17.4. The van der Waals surface area contributed by atoms with E-state index in [1.165, 1.54) is 24.5 Å². The van der Waals surface area contributed by atoms with Gasteiger partial charge in [0, 0.05) is 11.8 Å². The second-order valence-corrected chi connectivity index (χ2v) is 8.84. The predicted octanol–water partition coefficient (Wildman–Crippen LogP) is 4.53. The van der Waals surface area contributed by atoms with Gasteiger partial charge >= 0.3 is 0 Å². The van der Waals surface area contributed by atoms with Gasteiger partial charge < -0.3 is 9.73 Å². The number of amides is 1. The van der Waals surface area contributed by atoms with Gasteiger partial charge in [0.2, 0.25) is 15.9 Å². The molecule has 0 saturated carbocycles. The maximum atomic E-state index is 12.3. The van der Waals surface area contributed by atoms with Crippen molar-refractivity contribution in [3.05, 3.63) is 89.9 Å². The lowest BCUT2D eigenvalue weighted by Crippen LogP contribution is -2.22. The van der Waals surface area contributed by atoms with Crippen LogP contribution < -0.4 is 10.0 Å². The van der Waals surface area contributed by atoms with E-state index < -0.39 is 10.0 Å². The minimum atomic E-state index is -3.65. The highest BCUT2D eigenvalue weighted by Crippen LogP contribution is 2.18. The van der Waals surface area contributed by atoms with E-state index in [1.807, 2.05) is 24.3 Å². The minimum Gasteiger partial charge on any atom is -0.468 e. The van der Waals surface area contributed by atoms with Crippen LogP contribution in [0, 0.1) is 0 Å². The topological polar surface area (TPSA) is 88.4 Å². The van der Waals surface area contributed by atoms with E-state index in [2.05, 4.69) is 23.9 Å². The first kappa shape index (κ1) is 21.5. The molecular formula is C23H24N2O4S. The van der Waals surface area contributed by atoms with Gasteiger partial charge in [0.15, 0.2) is 0 Å². The van der Waals surface area contributed by atoms with Gasteiger partial charge in [-0.15, -0.1) is 0 Å². The molecular weight excluding hydrogens is 400 g/mol. The lowest BCUT2D eigenvalue weighted by molar-refractivity contribution is -0.111. The third kappa shape index (κ3) is 5.92. The van der Waals surface area contributed by atoms with Crippen LogP contribution >= 0.6 is 0 Å². The molecule has 3 aromatic rings. The molecule has 0 saturated heterocycles.